The first-order valence-electron chi connectivity index (χ1n) is 7.42. The van der Waals surface area contributed by atoms with Crippen molar-refractivity contribution in [1.29, 1.82) is 0 Å². The summed E-state index contributed by atoms with van der Waals surface area (Å²) >= 11 is 5.92. The minimum absolute atomic E-state index is 0.0325. The lowest BCUT2D eigenvalue weighted by atomic mass is 9.78. The van der Waals surface area contributed by atoms with Gasteiger partial charge in [0.15, 0.2) is 0 Å². The number of rotatable bonds is 3. The third-order valence-electron chi connectivity index (χ3n) is 4.18. The van der Waals surface area contributed by atoms with Crippen LogP contribution in [0, 0.1) is 18.8 Å². The van der Waals surface area contributed by atoms with Crippen LogP contribution in [0.5, 0.6) is 0 Å². The molecule has 0 radical (unpaired) electrons. The molecule has 1 aliphatic rings. The second-order valence-electron chi connectivity index (χ2n) is 6.09. The highest BCUT2D eigenvalue weighted by atomic mass is 35.5. The second kappa shape index (κ2) is 6.57. The van der Waals surface area contributed by atoms with Crippen molar-refractivity contribution in [1.82, 2.24) is 10.3 Å². The van der Waals surface area contributed by atoms with Gasteiger partial charge in [-0.3, -0.25) is 4.79 Å². The monoisotopic (exact) mass is 294 g/mol. The van der Waals surface area contributed by atoms with Crippen molar-refractivity contribution in [3.63, 3.8) is 0 Å². The molecule has 2 unspecified atom stereocenters. The van der Waals surface area contributed by atoms with Crippen molar-refractivity contribution in [2.24, 2.45) is 11.8 Å². The molecule has 1 aromatic rings. The van der Waals surface area contributed by atoms with Crippen molar-refractivity contribution < 1.29 is 4.79 Å². The molecular formula is C16H23ClN2O. The quantitative estimate of drug-likeness (QED) is 0.857. The summed E-state index contributed by atoms with van der Waals surface area (Å²) in [5, 5.41) is 3.57. The van der Waals surface area contributed by atoms with E-state index in [1.165, 1.54) is 19.3 Å². The molecule has 3 nitrogen and oxygen atoms in total. The molecule has 0 aliphatic heterocycles. The first-order chi connectivity index (χ1) is 9.47. The highest BCUT2D eigenvalue weighted by molar-refractivity contribution is 6.29. The highest BCUT2D eigenvalue weighted by Gasteiger charge is 2.28. The van der Waals surface area contributed by atoms with Crippen LogP contribution < -0.4 is 5.32 Å². The Morgan fingerprint density at radius 2 is 2.05 bits per heavy atom. The normalized spacial score (nSPS) is 22.9. The van der Waals surface area contributed by atoms with Gasteiger partial charge < -0.3 is 5.32 Å². The lowest BCUT2D eigenvalue weighted by Crippen LogP contribution is -2.44. The number of pyridine rings is 1. The van der Waals surface area contributed by atoms with Crippen LogP contribution >= 0.6 is 11.6 Å². The standard InChI is InChI=1S/C16H23ClN2O/c1-10(2)13-6-4-5-7-14(13)19-16(20)12-8-11(3)18-15(17)9-12/h8-10,13-14H,4-7H2,1-3H3,(H,19,20). The molecule has 1 fully saturated rings. The molecule has 1 amide bonds. The predicted molar refractivity (Wildman–Crippen MR) is 82.0 cm³/mol. The Kier molecular flexibility index (Phi) is 5.03. The molecule has 0 bridgehead atoms. The van der Waals surface area contributed by atoms with Crippen molar-refractivity contribution in [3.8, 4) is 0 Å². The smallest absolute Gasteiger partial charge is 0.251 e. The number of aromatic nitrogens is 1. The minimum Gasteiger partial charge on any atom is -0.349 e. The molecule has 1 aliphatic carbocycles. The fraction of sp³-hybridized carbons (Fsp3) is 0.625. The lowest BCUT2D eigenvalue weighted by molar-refractivity contribution is 0.0889. The maximum absolute atomic E-state index is 12.4. The summed E-state index contributed by atoms with van der Waals surface area (Å²) in [4.78, 5) is 16.5. The van der Waals surface area contributed by atoms with Crippen LogP contribution in [0.25, 0.3) is 0 Å². The lowest BCUT2D eigenvalue weighted by Gasteiger charge is -2.34. The van der Waals surface area contributed by atoms with Crippen LogP contribution in [-0.4, -0.2) is 16.9 Å². The maximum atomic E-state index is 12.4. The van der Waals surface area contributed by atoms with Crippen LogP contribution in [-0.2, 0) is 0 Å². The first kappa shape index (κ1) is 15.3. The molecule has 2 rings (SSSR count). The van der Waals surface area contributed by atoms with E-state index in [2.05, 4.69) is 24.1 Å². The highest BCUT2D eigenvalue weighted by Crippen LogP contribution is 2.30. The van der Waals surface area contributed by atoms with E-state index in [4.69, 9.17) is 11.6 Å². The molecule has 0 aromatic carbocycles. The van der Waals surface area contributed by atoms with E-state index in [1.54, 1.807) is 12.1 Å². The molecule has 110 valence electrons. The summed E-state index contributed by atoms with van der Waals surface area (Å²) in [6.07, 6.45) is 4.75. The molecule has 20 heavy (non-hydrogen) atoms. The predicted octanol–water partition coefficient (Wildman–Crippen LogP) is 3.99. The Hall–Kier alpha value is -1.09. The number of nitrogens with one attached hydrogen (secondary N) is 1. The van der Waals surface area contributed by atoms with Gasteiger partial charge in [-0.1, -0.05) is 38.3 Å². The Balaban J connectivity index is 2.09. The number of hydrogen-bond acceptors (Lipinski definition) is 2. The first-order valence-corrected chi connectivity index (χ1v) is 7.80. The third-order valence-corrected chi connectivity index (χ3v) is 4.37. The zero-order chi connectivity index (χ0) is 14.7. The van der Waals surface area contributed by atoms with Gasteiger partial charge in [-0.2, -0.15) is 0 Å². The van der Waals surface area contributed by atoms with Gasteiger partial charge in [0, 0.05) is 17.3 Å². The number of carbonyl (C=O) groups excluding carboxylic acids is 1. The molecular weight excluding hydrogens is 272 g/mol. The fourth-order valence-corrected chi connectivity index (χ4v) is 3.40. The molecule has 1 heterocycles. The van der Waals surface area contributed by atoms with Gasteiger partial charge in [-0.25, -0.2) is 4.98 Å². The van der Waals surface area contributed by atoms with E-state index < -0.39 is 0 Å². The van der Waals surface area contributed by atoms with Crippen molar-refractivity contribution in [2.75, 3.05) is 0 Å². The molecule has 1 N–H and O–H groups in total. The van der Waals surface area contributed by atoms with Crippen molar-refractivity contribution in [2.45, 2.75) is 52.5 Å². The van der Waals surface area contributed by atoms with Crippen LogP contribution in [0.2, 0.25) is 5.15 Å². The van der Waals surface area contributed by atoms with Crippen LogP contribution in [0.1, 0.15) is 55.6 Å². The number of carbonyl (C=O) groups is 1. The van der Waals surface area contributed by atoms with Crippen LogP contribution in [0.4, 0.5) is 0 Å². The third kappa shape index (κ3) is 3.72. The van der Waals surface area contributed by atoms with Gasteiger partial charge in [0.05, 0.1) is 0 Å². The number of halogens is 1. The molecule has 2 atom stereocenters. The summed E-state index contributed by atoms with van der Waals surface area (Å²) < 4.78 is 0. The van der Waals surface area contributed by atoms with E-state index in [1.807, 2.05) is 6.92 Å². The fourth-order valence-electron chi connectivity index (χ4n) is 3.15. The molecule has 1 aromatic heterocycles. The topological polar surface area (TPSA) is 42.0 Å². The largest absolute Gasteiger partial charge is 0.349 e. The van der Waals surface area contributed by atoms with E-state index >= 15 is 0 Å². The molecule has 1 saturated carbocycles. The zero-order valence-corrected chi connectivity index (χ0v) is 13.2. The SMILES string of the molecule is Cc1cc(C(=O)NC2CCCCC2C(C)C)cc(Cl)n1. The Morgan fingerprint density at radius 1 is 1.35 bits per heavy atom. The minimum atomic E-state index is -0.0325. The van der Waals surface area contributed by atoms with Gasteiger partial charge in [0.1, 0.15) is 5.15 Å². The second-order valence-corrected chi connectivity index (χ2v) is 6.48. The van der Waals surface area contributed by atoms with Gasteiger partial charge in [0.2, 0.25) is 0 Å². The summed E-state index contributed by atoms with van der Waals surface area (Å²) in [6.45, 7) is 6.32. The average molecular weight is 295 g/mol. The van der Waals surface area contributed by atoms with Crippen molar-refractivity contribution >= 4 is 17.5 Å². The summed E-state index contributed by atoms with van der Waals surface area (Å²) in [7, 11) is 0. The Labute approximate surface area is 126 Å². The molecule has 0 saturated heterocycles. The van der Waals surface area contributed by atoms with Gasteiger partial charge in [-0.05, 0) is 43.7 Å². The van der Waals surface area contributed by atoms with Gasteiger partial charge in [-0.15, -0.1) is 0 Å². The number of hydrogen-bond donors (Lipinski definition) is 1. The maximum Gasteiger partial charge on any atom is 0.251 e. The zero-order valence-electron chi connectivity index (χ0n) is 12.4. The van der Waals surface area contributed by atoms with E-state index in [-0.39, 0.29) is 11.9 Å². The van der Waals surface area contributed by atoms with Crippen molar-refractivity contribution in [3.05, 3.63) is 28.5 Å². The number of amides is 1. The van der Waals surface area contributed by atoms with E-state index in [9.17, 15) is 4.79 Å². The average Bonchev–Trinajstić information content (AvgIpc) is 2.37. The number of nitrogens with zero attached hydrogens (tertiary/aromatic N) is 1. The van der Waals surface area contributed by atoms with E-state index in [0.717, 1.165) is 12.1 Å². The summed E-state index contributed by atoms with van der Waals surface area (Å²) in [5.74, 6) is 1.14. The number of aryl methyl sites for hydroxylation is 1. The summed E-state index contributed by atoms with van der Waals surface area (Å²) in [5.41, 5.74) is 1.38. The molecule has 0 spiro atoms. The van der Waals surface area contributed by atoms with Gasteiger partial charge in [0.25, 0.3) is 5.91 Å². The van der Waals surface area contributed by atoms with Crippen LogP contribution in [0.3, 0.4) is 0 Å². The Morgan fingerprint density at radius 3 is 2.70 bits per heavy atom. The van der Waals surface area contributed by atoms with Gasteiger partial charge >= 0.3 is 0 Å². The summed E-state index contributed by atoms with van der Waals surface area (Å²) in [6, 6.07) is 3.70. The van der Waals surface area contributed by atoms with Crippen LogP contribution in [0.15, 0.2) is 12.1 Å². The Bertz CT molecular complexity index is 467. The van der Waals surface area contributed by atoms with E-state index in [0.29, 0.717) is 22.6 Å². The molecule has 4 heteroatoms.